The van der Waals surface area contributed by atoms with Crippen molar-refractivity contribution in [1.82, 2.24) is 5.32 Å². The van der Waals surface area contributed by atoms with Gasteiger partial charge in [0.15, 0.2) is 0 Å². The number of ether oxygens (including phenoxy) is 1. The van der Waals surface area contributed by atoms with Gasteiger partial charge in [-0.05, 0) is 0 Å². The molecule has 3 atom stereocenters. The summed E-state index contributed by atoms with van der Waals surface area (Å²) in [5.41, 5.74) is 7.79. The Morgan fingerprint density at radius 1 is 1.44 bits per heavy atom. The van der Waals surface area contributed by atoms with E-state index < -0.39 is 0 Å². The zero-order chi connectivity index (χ0) is 18.6. The second-order valence-electron chi connectivity index (χ2n) is 6.92. The minimum atomic E-state index is -0.305. The number of rotatable bonds is 6. The Morgan fingerprint density at radius 3 is 2.76 bits per heavy atom. The number of hydrogen-bond donors (Lipinski definition) is 2. The van der Waals surface area contributed by atoms with Gasteiger partial charge in [-0.2, -0.15) is 0 Å². The first kappa shape index (κ1) is 20.4. The van der Waals surface area contributed by atoms with Crippen LogP contribution in [0.1, 0.15) is 26.3 Å². The number of alkyl halides is 1. The zero-order valence-corrected chi connectivity index (χ0v) is 17.5. The van der Waals surface area contributed by atoms with Crippen molar-refractivity contribution in [3.63, 3.8) is 0 Å². The van der Waals surface area contributed by atoms with Gasteiger partial charge in [-0.15, -0.1) is 0 Å². The molecular formula is C18H27BIN2O3-. The number of halogens is 1. The number of hydrogen-bond acceptors (Lipinski definition) is 4. The van der Waals surface area contributed by atoms with E-state index in [0.717, 1.165) is 21.4 Å². The topological polar surface area (TPSA) is 61.8 Å². The normalized spacial score (nSPS) is 22.2. The van der Waals surface area contributed by atoms with Gasteiger partial charge in [0, 0.05) is 0 Å². The Balaban J connectivity index is 2.39. The predicted molar refractivity (Wildman–Crippen MR) is 96.9 cm³/mol. The molecule has 7 heteroatoms. The third kappa shape index (κ3) is 5.03. The van der Waals surface area contributed by atoms with Crippen molar-refractivity contribution < 1.29 is 35.6 Å². The summed E-state index contributed by atoms with van der Waals surface area (Å²) in [6, 6.07) is 5.43. The zero-order valence-electron chi connectivity index (χ0n) is 15.3. The number of nitrogens with zero attached hydrogens (tertiary/aromatic N) is 1. The fourth-order valence-corrected chi connectivity index (χ4v) is 4.19. The molecule has 1 amide bonds. The van der Waals surface area contributed by atoms with Crippen LogP contribution in [-0.4, -0.2) is 53.0 Å². The van der Waals surface area contributed by atoms with Gasteiger partial charge in [0.05, 0.1) is 0 Å². The maximum atomic E-state index is 12.6. The second-order valence-corrected chi connectivity index (χ2v) is 8.68. The van der Waals surface area contributed by atoms with Crippen LogP contribution >= 0.6 is 0 Å². The summed E-state index contributed by atoms with van der Waals surface area (Å²) in [7, 11) is 1.95. The molecule has 1 aliphatic rings. The predicted octanol–water partition coefficient (Wildman–Crippen LogP) is -1.88. The quantitative estimate of drug-likeness (QED) is 0.299. The third-order valence-electron chi connectivity index (χ3n) is 4.43. The van der Waals surface area contributed by atoms with E-state index >= 15 is 0 Å². The number of aliphatic hydroxyl groups is 1. The van der Waals surface area contributed by atoms with E-state index in [1.54, 1.807) is 0 Å². The number of nitrogens with one attached hydrogen (secondary N) is 1. The van der Waals surface area contributed by atoms with Gasteiger partial charge in [0.1, 0.15) is 0 Å². The first-order valence-corrected chi connectivity index (χ1v) is 11.4. The van der Waals surface area contributed by atoms with E-state index in [9.17, 15) is 9.90 Å². The molecule has 1 heterocycles. The maximum absolute atomic E-state index is 12.6. The van der Waals surface area contributed by atoms with E-state index in [1.807, 2.05) is 50.9 Å². The van der Waals surface area contributed by atoms with Gasteiger partial charge in [-0.3, -0.25) is 0 Å². The number of aliphatic hydroxyl groups excluding tert-OH is 1. The average Bonchev–Trinajstić information content (AvgIpc) is 2.54. The van der Waals surface area contributed by atoms with Gasteiger partial charge in [-0.1, -0.05) is 0 Å². The van der Waals surface area contributed by atoms with Crippen molar-refractivity contribution in [1.29, 1.82) is 0 Å². The summed E-state index contributed by atoms with van der Waals surface area (Å²) in [5.74, 6) is 0.884. The van der Waals surface area contributed by atoms with Crippen molar-refractivity contribution in [2.45, 2.75) is 45.4 Å². The Morgan fingerprint density at radius 2 is 2.16 bits per heavy atom. The van der Waals surface area contributed by atoms with Gasteiger partial charge in [-0.25, -0.2) is 0 Å². The molecule has 0 bridgehead atoms. The van der Waals surface area contributed by atoms with Crippen molar-refractivity contribution in [3.05, 3.63) is 23.8 Å². The van der Waals surface area contributed by atoms with Crippen LogP contribution in [0.5, 0.6) is 5.75 Å². The molecule has 0 fully saturated rings. The number of carbonyl (C=O) groups excluding carboxylic acids is 1. The molecule has 0 aromatic heterocycles. The van der Waals surface area contributed by atoms with E-state index in [2.05, 4.69) is 5.32 Å². The van der Waals surface area contributed by atoms with E-state index in [1.165, 1.54) is 0 Å². The molecule has 138 valence electrons. The Hall–Kier alpha value is -0.955. The van der Waals surface area contributed by atoms with Crippen LogP contribution in [0.25, 0.3) is 0 Å². The monoisotopic (exact) mass is 457 g/mol. The molecule has 0 saturated carbocycles. The van der Waals surface area contributed by atoms with Crippen LogP contribution < -0.4 is 35.9 Å². The molecule has 25 heavy (non-hydrogen) atoms. The Bertz CT molecular complexity index is 600. The summed E-state index contributed by atoms with van der Waals surface area (Å²) >= 11 is -0.305. The SMILES string of the molecule is [B][I-]CC(C)Oc1ccc2c(c1)N(C)[C@H](C(C)C)C(=O)N[C@@H](CO)C2. The molecule has 1 aromatic carbocycles. The van der Waals surface area contributed by atoms with Crippen LogP contribution in [0.2, 0.25) is 0 Å². The number of carbonyl (C=O) groups is 1. The summed E-state index contributed by atoms with van der Waals surface area (Å²) in [4.78, 5) is 14.7. The number of anilines is 1. The number of fused-ring (bicyclic) bond motifs is 1. The minimum absolute atomic E-state index is 0.0465. The van der Waals surface area contributed by atoms with Gasteiger partial charge in [0.25, 0.3) is 0 Å². The molecule has 1 aromatic rings. The van der Waals surface area contributed by atoms with Crippen LogP contribution in [0.3, 0.4) is 0 Å². The molecule has 1 aliphatic heterocycles. The molecular weight excluding hydrogens is 430 g/mol. The summed E-state index contributed by atoms with van der Waals surface area (Å²) < 4.78 is 6.89. The van der Waals surface area contributed by atoms with E-state index in [-0.39, 0.29) is 57.6 Å². The molecule has 1 unspecified atom stereocenters. The Kier molecular flexibility index (Phi) is 7.43. The average molecular weight is 457 g/mol. The van der Waals surface area contributed by atoms with Crippen molar-refractivity contribution in [3.8, 4) is 5.75 Å². The van der Waals surface area contributed by atoms with Crippen molar-refractivity contribution in [2.24, 2.45) is 5.92 Å². The summed E-state index contributed by atoms with van der Waals surface area (Å²) in [6.07, 6.45) is 0.681. The summed E-state index contributed by atoms with van der Waals surface area (Å²) in [6.45, 7) is 6.01. The standard InChI is InChI=1S/C18H27BIN2O3/c1-11(2)17-18(24)21-14(10-23)7-13-5-6-15(8-16(13)22(17)4)25-12(3)9-20-19/h5-6,8,11-12,14,17,23H,7,9-10H2,1-4H3,(H,21,24)/q-1/t12?,14-,17-/m1/s1. The first-order valence-electron chi connectivity index (χ1n) is 8.58. The number of likely N-dealkylation sites (N-methyl/N-ethyl adjacent to an activating group) is 1. The molecule has 0 aliphatic carbocycles. The molecule has 0 spiro atoms. The van der Waals surface area contributed by atoms with Crippen molar-refractivity contribution in [2.75, 3.05) is 23.0 Å². The van der Waals surface area contributed by atoms with Crippen LogP contribution in [0.4, 0.5) is 5.69 Å². The van der Waals surface area contributed by atoms with Gasteiger partial charge < -0.3 is 0 Å². The van der Waals surface area contributed by atoms with Crippen LogP contribution in [-0.2, 0) is 11.2 Å². The summed E-state index contributed by atoms with van der Waals surface area (Å²) in [5, 5.41) is 12.6. The number of amides is 1. The number of benzene rings is 1. The fraction of sp³-hybridized carbons (Fsp3) is 0.611. The van der Waals surface area contributed by atoms with Crippen LogP contribution in [0, 0.1) is 5.92 Å². The first-order chi connectivity index (χ1) is 11.9. The Labute approximate surface area is 161 Å². The third-order valence-corrected chi connectivity index (χ3v) is 6.18. The van der Waals surface area contributed by atoms with Gasteiger partial charge >= 0.3 is 162 Å². The van der Waals surface area contributed by atoms with Gasteiger partial charge in [0.2, 0.25) is 0 Å². The molecule has 2 rings (SSSR count). The molecule has 2 N–H and O–H groups in total. The molecule has 5 nitrogen and oxygen atoms in total. The van der Waals surface area contributed by atoms with Crippen LogP contribution in [0.15, 0.2) is 18.2 Å². The van der Waals surface area contributed by atoms with E-state index in [4.69, 9.17) is 10.4 Å². The van der Waals surface area contributed by atoms with Crippen molar-refractivity contribution >= 4 is 17.3 Å². The molecule has 0 saturated heterocycles. The second kappa shape index (κ2) is 9.12. The molecule has 2 radical (unpaired) electrons. The van der Waals surface area contributed by atoms with E-state index in [0.29, 0.717) is 6.42 Å². The fourth-order valence-electron chi connectivity index (χ4n) is 3.30.